The van der Waals surface area contributed by atoms with Gasteiger partial charge in [0.25, 0.3) is 0 Å². The van der Waals surface area contributed by atoms with E-state index >= 15 is 0 Å². The summed E-state index contributed by atoms with van der Waals surface area (Å²) in [5.41, 5.74) is 1.49. The van der Waals surface area contributed by atoms with Gasteiger partial charge in [0.2, 0.25) is 11.8 Å². The summed E-state index contributed by atoms with van der Waals surface area (Å²) in [7, 11) is 0. The molecule has 0 spiro atoms. The molecule has 1 aromatic carbocycles. The molecule has 0 aliphatic carbocycles. The summed E-state index contributed by atoms with van der Waals surface area (Å²) in [4.78, 5) is 26.9. The number of aryl methyl sites for hydroxylation is 1. The molecule has 27 heavy (non-hydrogen) atoms. The fraction of sp³-hybridized carbons (Fsp3) is 0.421. The number of amides is 2. The van der Waals surface area contributed by atoms with Crippen LogP contribution in [0, 0.1) is 24.6 Å². The van der Waals surface area contributed by atoms with Crippen LogP contribution in [0.1, 0.15) is 24.1 Å². The number of halogens is 2. The molecule has 2 aromatic rings. The number of ether oxygens (including phenoxy) is 1. The third kappa shape index (κ3) is 2.45. The number of anilines is 1. The molecule has 8 heteroatoms. The number of imide groups is 1. The molecule has 3 fully saturated rings. The fourth-order valence-electron chi connectivity index (χ4n) is 4.51. The second-order valence-electron chi connectivity index (χ2n) is 7.39. The number of fused-ring (bicyclic) bond motifs is 5. The molecule has 4 heterocycles. The lowest BCUT2D eigenvalue weighted by Gasteiger charge is -2.15. The Balaban J connectivity index is 1.44. The smallest absolute Gasteiger partial charge is 0.241 e. The van der Waals surface area contributed by atoms with Crippen molar-refractivity contribution in [3.63, 3.8) is 0 Å². The van der Waals surface area contributed by atoms with Gasteiger partial charge in [0.15, 0.2) is 5.82 Å². The summed E-state index contributed by atoms with van der Waals surface area (Å²) >= 11 is 6.10. The maximum Gasteiger partial charge on any atom is 0.241 e. The van der Waals surface area contributed by atoms with Gasteiger partial charge in [0, 0.05) is 16.8 Å². The molecule has 1 aromatic heterocycles. The van der Waals surface area contributed by atoms with Crippen LogP contribution in [0.5, 0.6) is 0 Å². The highest BCUT2D eigenvalue weighted by Gasteiger charge is 2.63. The Morgan fingerprint density at radius 1 is 1.19 bits per heavy atom. The molecule has 2 amide bonds. The molecule has 3 aliphatic heterocycles. The van der Waals surface area contributed by atoms with E-state index in [9.17, 15) is 14.0 Å². The summed E-state index contributed by atoms with van der Waals surface area (Å²) in [5.74, 6) is -1.28. The van der Waals surface area contributed by atoms with Gasteiger partial charge in [-0.3, -0.25) is 14.3 Å². The van der Waals surface area contributed by atoms with Crippen LogP contribution >= 0.6 is 11.6 Å². The lowest BCUT2D eigenvalue weighted by atomic mass is 9.81. The van der Waals surface area contributed by atoms with Crippen molar-refractivity contribution in [1.82, 2.24) is 9.78 Å². The quantitative estimate of drug-likeness (QED) is 0.757. The van der Waals surface area contributed by atoms with Gasteiger partial charge in [-0.05, 0) is 37.5 Å². The second kappa shape index (κ2) is 5.87. The minimum absolute atomic E-state index is 0.150. The molecule has 0 saturated carbocycles. The molecule has 4 atom stereocenters. The molecule has 140 valence electrons. The molecule has 3 aliphatic rings. The van der Waals surface area contributed by atoms with E-state index in [1.54, 1.807) is 16.8 Å². The predicted molar refractivity (Wildman–Crippen MR) is 94.8 cm³/mol. The van der Waals surface area contributed by atoms with Gasteiger partial charge < -0.3 is 4.74 Å². The number of carbonyl (C=O) groups excluding carboxylic acids is 2. The highest BCUT2D eigenvalue weighted by Crippen LogP contribution is 2.49. The molecule has 0 N–H and O–H groups in total. The Labute approximate surface area is 159 Å². The first-order valence-electron chi connectivity index (χ1n) is 8.95. The van der Waals surface area contributed by atoms with Crippen molar-refractivity contribution in [1.29, 1.82) is 0 Å². The van der Waals surface area contributed by atoms with Gasteiger partial charge in [-0.1, -0.05) is 17.7 Å². The number of benzene rings is 1. The van der Waals surface area contributed by atoms with E-state index in [1.165, 1.54) is 17.0 Å². The van der Waals surface area contributed by atoms with Crippen molar-refractivity contribution < 1.29 is 18.7 Å². The fourth-order valence-corrected chi connectivity index (χ4v) is 4.74. The van der Waals surface area contributed by atoms with E-state index in [2.05, 4.69) is 5.10 Å². The highest BCUT2D eigenvalue weighted by atomic mass is 35.5. The average molecular weight is 390 g/mol. The SMILES string of the molecule is Cc1cc(N2C(=O)[C@@H]3[C@H](C2=O)[C@@H]2CC[C@@H]3O2)nn1Cc1ccc(F)cc1Cl. The van der Waals surface area contributed by atoms with Crippen LogP contribution in [0.3, 0.4) is 0 Å². The van der Waals surface area contributed by atoms with Crippen LogP contribution in [0.2, 0.25) is 5.02 Å². The average Bonchev–Trinajstić information content (AvgIpc) is 3.35. The van der Waals surface area contributed by atoms with Gasteiger partial charge in [-0.15, -0.1) is 0 Å². The Morgan fingerprint density at radius 3 is 2.48 bits per heavy atom. The molecule has 0 radical (unpaired) electrons. The Bertz CT molecular complexity index is 947. The van der Waals surface area contributed by atoms with Crippen molar-refractivity contribution in [2.45, 2.75) is 38.5 Å². The lowest BCUT2D eigenvalue weighted by molar-refractivity contribution is -0.124. The summed E-state index contributed by atoms with van der Waals surface area (Å²) in [5, 5.41) is 4.77. The van der Waals surface area contributed by atoms with E-state index in [0.29, 0.717) is 22.9 Å². The number of hydrogen-bond donors (Lipinski definition) is 0. The van der Waals surface area contributed by atoms with E-state index in [-0.39, 0.29) is 35.9 Å². The normalized spacial score (nSPS) is 29.1. The lowest BCUT2D eigenvalue weighted by Crippen LogP contribution is -2.34. The molecular formula is C19H17ClFN3O3. The number of nitrogens with zero attached hydrogens (tertiary/aromatic N) is 3. The van der Waals surface area contributed by atoms with E-state index < -0.39 is 5.82 Å². The summed E-state index contributed by atoms with van der Waals surface area (Å²) in [6.45, 7) is 2.16. The number of aromatic nitrogens is 2. The van der Waals surface area contributed by atoms with E-state index in [1.807, 2.05) is 6.92 Å². The largest absolute Gasteiger partial charge is 0.373 e. The van der Waals surface area contributed by atoms with Gasteiger partial charge in [0.1, 0.15) is 5.82 Å². The maximum atomic E-state index is 13.2. The molecule has 3 saturated heterocycles. The first kappa shape index (κ1) is 16.9. The molecule has 6 nitrogen and oxygen atoms in total. The highest BCUT2D eigenvalue weighted by molar-refractivity contribution is 6.31. The van der Waals surface area contributed by atoms with Crippen molar-refractivity contribution in [2.24, 2.45) is 11.8 Å². The van der Waals surface area contributed by atoms with Crippen molar-refractivity contribution in [3.05, 3.63) is 46.4 Å². The topological polar surface area (TPSA) is 64.4 Å². The molecule has 2 bridgehead atoms. The molecule has 0 unspecified atom stereocenters. The van der Waals surface area contributed by atoms with Crippen molar-refractivity contribution in [2.75, 3.05) is 4.90 Å². The Hall–Kier alpha value is -2.25. The first-order chi connectivity index (χ1) is 12.9. The first-order valence-corrected chi connectivity index (χ1v) is 9.33. The standard InChI is InChI=1S/C19H17ClFN3O3/c1-9-6-15(22-23(9)8-10-2-3-11(21)7-12(10)20)24-18(25)16-13-4-5-14(27-13)17(16)19(24)26/h2-3,6-7,13-14,16-17H,4-5,8H2,1H3/t13-,14-,16-,17+/m0/s1. The van der Waals surface area contributed by atoms with Crippen molar-refractivity contribution >= 4 is 29.2 Å². The van der Waals surface area contributed by atoms with Crippen LogP contribution in [0.4, 0.5) is 10.2 Å². The summed E-state index contributed by atoms with van der Waals surface area (Å²) < 4.78 is 20.7. The summed E-state index contributed by atoms with van der Waals surface area (Å²) in [6.07, 6.45) is 1.36. The van der Waals surface area contributed by atoms with Gasteiger partial charge >= 0.3 is 0 Å². The predicted octanol–water partition coefficient (Wildman–Crippen LogP) is 2.70. The van der Waals surface area contributed by atoms with Crippen LogP contribution in [0.25, 0.3) is 0 Å². The minimum Gasteiger partial charge on any atom is -0.373 e. The zero-order valence-corrected chi connectivity index (χ0v) is 15.3. The Kier molecular flexibility index (Phi) is 3.67. The number of carbonyl (C=O) groups is 2. The third-order valence-electron chi connectivity index (χ3n) is 5.82. The minimum atomic E-state index is -0.404. The molecular weight excluding hydrogens is 373 g/mol. The van der Waals surface area contributed by atoms with Gasteiger partial charge in [0.05, 0.1) is 30.6 Å². The van der Waals surface area contributed by atoms with Crippen LogP contribution < -0.4 is 4.90 Å². The number of hydrogen-bond acceptors (Lipinski definition) is 4. The zero-order chi connectivity index (χ0) is 18.9. The van der Waals surface area contributed by atoms with Crippen LogP contribution in [0.15, 0.2) is 24.3 Å². The second-order valence-corrected chi connectivity index (χ2v) is 7.80. The van der Waals surface area contributed by atoms with Crippen LogP contribution in [-0.4, -0.2) is 33.8 Å². The Morgan fingerprint density at radius 2 is 1.85 bits per heavy atom. The van der Waals surface area contributed by atoms with E-state index in [0.717, 1.165) is 18.5 Å². The van der Waals surface area contributed by atoms with Crippen LogP contribution in [-0.2, 0) is 20.9 Å². The summed E-state index contributed by atoms with van der Waals surface area (Å²) in [6, 6.07) is 5.91. The zero-order valence-electron chi connectivity index (χ0n) is 14.6. The monoisotopic (exact) mass is 389 g/mol. The van der Waals surface area contributed by atoms with Gasteiger partial charge in [-0.25, -0.2) is 9.29 Å². The molecule has 5 rings (SSSR count). The van der Waals surface area contributed by atoms with E-state index in [4.69, 9.17) is 16.3 Å². The van der Waals surface area contributed by atoms with Gasteiger partial charge in [-0.2, -0.15) is 5.10 Å². The van der Waals surface area contributed by atoms with Crippen molar-refractivity contribution in [3.8, 4) is 0 Å². The third-order valence-corrected chi connectivity index (χ3v) is 6.17. The maximum absolute atomic E-state index is 13.2. The number of rotatable bonds is 3.